The predicted molar refractivity (Wildman–Crippen MR) is 130 cm³/mol. The molecular weight excluding hydrogens is 454 g/mol. The average molecular weight is 490 g/mol. The number of carbonyl (C=O) groups is 4. The lowest BCUT2D eigenvalue weighted by Gasteiger charge is -2.24. The molecule has 4 atom stereocenters. The van der Waals surface area contributed by atoms with E-state index in [0.29, 0.717) is 12.8 Å². The number of aliphatic imine (C=N–C) groups is 1. The fraction of sp³-hybridized carbons (Fsp3) is 0.522. The molecule has 1 fully saturated rings. The van der Waals surface area contributed by atoms with E-state index in [4.69, 9.17) is 11.5 Å². The summed E-state index contributed by atoms with van der Waals surface area (Å²) in [5, 5.41) is 20.4. The predicted octanol–water partition coefficient (Wildman–Crippen LogP) is -1.41. The van der Waals surface area contributed by atoms with Crippen molar-refractivity contribution in [1.29, 1.82) is 0 Å². The Balaban J connectivity index is 2.03. The van der Waals surface area contributed by atoms with Gasteiger partial charge in [-0.15, -0.1) is 0 Å². The van der Waals surface area contributed by atoms with Crippen LogP contribution < -0.4 is 32.7 Å². The molecule has 1 aromatic rings. The van der Waals surface area contributed by atoms with Crippen molar-refractivity contribution in [2.75, 3.05) is 13.1 Å². The van der Waals surface area contributed by atoms with Gasteiger partial charge in [0, 0.05) is 13.0 Å². The minimum absolute atomic E-state index is 0.0808. The molecule has 0 aliphatic carbocycles. The van der Waals surface area contributed by atoms with Gasteiger partial charge < -0.3 is 37.8 Å². The molecule has 1 aliphatic heterocycles. The fourth-order valence-electron chi connectivity index (χ4n) is 3.68. The third-order valence-electron chi connectivity index (χ3n) is 5.60. The van der Waals surface area contributed by atoms with Crippen LogP contribution >= 0.6 is 0 Å². The van der Waals surface area contributed by atoms with E-state index in [0.717, 1.165) is 18.5 Å². The number of guanidine groups is 1. The van der Waals surface area contributed by atoms with Crippen LogP contribution in [0.15, 0.2) is 35.3 Å². The molecule has 35 heavy (non-hydrogen) atoms. The topological polar surface area (TPSA) is 201 Å². The first kappa shape index (κ1) is 27.6. The summed E-state index contributed by atoms with van der Waals surface area (Å²) in [6.45, 7) is 2.49. The van der Waals surface area contributed by atoms with Gasteiger partial charge in [0.05, 0.1) is 6.04 Å². The standard InChI is InChI=1S/C23H35N7O5/c1-14(28-20(32)16-9-5-11-26-16)19(31)29-17(10-6-12-27-23(24)25)21(33)30-18(22(34)35)13-15-7-3-2-4-8-15/h2-4,7-8,14,16-18,26H,5-6,9-13H2,1H3,(H,28,32)(H,29,31)(H,30,33)(H,34,35)(H4,24,25,27). The molecule has 1 aliphatic rings. The molecule has 1 aromatic carbocycles. The minimum atomic E-state index is -1.20. The van der Waals surface area contributed by atoms with Crippen molar-refractivity contribution in [3.05, 3.63) is 35.9 Å². The fourth-order valence-corrected chi connectivity index (χ4v) is 3.68. The zero-order valence-electron chi connectivity index (χ0n) is 19.8. The number of amides is 3. The Morgan fingerprint density at radius 1 is 1.09 bits per heavy atom. The lowest BCUT2D eigenvalue weighted by Crippen LogP contribution is -2.56. The molecule has 0 spiro atoms. The third kappa shape index (κ3) is 9.61. The number of rotatable bonds is 13. The van der Waals surface area contributed by atoms with Crippen LogP contribution in [0, 0.1) is 0 Å². The number of nitrogens with two attached hydrogens (primary N) is 2. The first-order valence-electron chi connectivity index (χ1n) is 11.6. The Kier molecular flexibility index (Phi) is 10.9. The maximum atomic E-state index is 13.0. The largest absolute Gasteiger partial charge is 0.480 e. The first-order chi connectivity index (χ1) is 16.7. The normalized spacial score (nSPS) is 17.5. The van der Waals surface area contributed by atoms with Crippen molar-refractivity contribution in [2.24, 2.45) is 16.5 Å². The van der Waals surface area contributed by atoms with E-state index in [1.54, 1.807) is 24.3 Å². The van der Waals surface area contributed by atoms with E-state index in [2.05, 4.69) is 26.3 Å². The van der Waals surface area contributed by atoms with Gasteiger partial charge in [0.1, 0.15) is 18.1 Å². The Labute approximate surface area is 204 Å². The van der Waals surface area contributed by atoms with Gasteiger partial charge in [-0.25, -0.2) is 4.79 Å². The Hall–Kier alpha value is -3.67. The van der Waals surface area contributed by atoms with Crippen LogP contribution in [0.2, 0.25) is 0 Å². The number of carbonyl (C=O) groups excluding carboxylic acids is 3. The smallest absolute Gasteiger partial charge is 0.326 e. The van der Waals surface area contributed by atoms with Crippen LogP contribution in [0.1, 0.15) is 38.2 Å². The summed E-state index contributed by atoms with van der Waals surface area (Å²) < 4.78 is 0. The lowest BCUT2D eigenvalue weighted by molar-refractivity contribution is -0.142. The number of benzene rings is 1. The van der Waals surface area contributed by atoms with Gasteiger partial charge in [-0.3, -0.25) is 19.4 Å². The van der Waals surface area contributed by atoms with Crippen molar-refractivity contribution >= 4 is 29.7 Å². The molecule has 12 nitrogen and oxygen atoms in total. The highest BCUT2D eigenvalue weighted by atomic mass is 16.4. The number of carboxylic acid groups (broad SMARTS) is 1. The van der Waals surface area contributed by atoms with Crippen molar-refractivity contribution in [3.63, 3.8) is 0 Å². The zero-order valence-corrected chi connectivity index (χ0v) is 19.8. The van der Waals surface area contributed by atoms with E-state index >= 15 is 0 Å². The van der Waals surface area contributed by atoms with Gasteiger partial charge in [0.25, 0.3) is 0 Å². The second kappa shape index (κ2) is 13.9. The number of aliphatic carboxylic acids is 1. The minimum Gasteiger partial charge on any atom is -0.480 e. The van der Waals surface area contributed by atoms with Gasteiger partial charge in [-0.2, -0.15) is 0 Å². The Morgan fingerprint density at radius 3 is 2.37 bits per heavy atom. The van der Waals surface area contributed by atoms with Crippen molar-refractivity contribution in [3.8, 4) is 0 Å². The van der Waals surface area contributed by atoms with Crippen LogP contribution in [0.5, 0.6) is 0 Å². The summed E-state index contributed by atoms with van der Waals surface area (Å²) in [6.07, 6.45) is 2.17. The van der Waals surface area contributed by atoms with E-state index in [1.165, 1.54) is 6.92 Å². The first-order valence-corrected chi connectivity index (χ1v) is 11.6. The molecule has 0 radical (unpaired) electrons. The monoisotopic (exact) mass is 489 g/mol. The molecule has 2 rings (SSSR count). The highest BCUT2D eigenvalue weighted by molar-refractivity contribution is 5.94. The zero-order chi connectivity index (χ0) is 25.8. The SMILES string of the molecule is CC(NC(=O)C1CCCN1)C(=O)NC(CCCN=C(N)N)C(=O)NC(Cc1ccccc1)C(=O)O. The summed E-state index contributed by atoms with van der Waals surface area (Å²) in [6, 6.07) is 5.42. The molecule has 12 heteroatoms. The maximum Gasteiger partial charge on any atom is 0.326 e. The Bertz CT molecular complexity index is 899. The maximum absolute atomic E-state index is 13.0. The summed E-state index contributed by atoms with van der Waals surface area (Å²) in [5.74, 6) is -2.79. The number of carboxylic acids is 1. The van der Waals surface area contributed by atoms with Crippen molar-refractivity contribution < 1.29 is 24.3 Å². The molecule has 192 valence electrons. The van der Waals surface area contributed by atoms with Crippen LogP contribution in [-0.4, -0.2) is 72.0 Å². The van der Waals surface area contributed by atoms with E-state index in [1.807, 2.05) is 6.07 Å². The quantitative estimate of drug-likeness (QED) is 0.0995. The van der Waals surface area contributed by atoms with Crippen LogP contribution in [0.25, 0.3) is 0 Å². The number of nitrogens with zero attached hydrogens (tertiary/aromatic N) is 1. The average Bonchev–Trinajstić information content (AvgIpc) is 3.36. The Morgan fingerprint density at radius 2 is 1.77 bits per heavy atom. The number of nitrogens with one attached hydrogen (secondary N) is 4. The van der Waals surface area contributed by atoms with Crippen LogP contribution in [0.3, 0.4) is 0 Å². The second-order valence-corrected chi connectivity index (χ2v) is 8.48. The highest BCUT2D eigenvalue weighted by Gasteiger charge is 2.29. The molecule has 4 unspecified atom stereocenters. The lowest BCUT2D eigenvalue weighted by atomic mass is 10.0. The van der Waals surface area contributed by atoms with Gasteiger partial charge in [-0.1, -0.05) is 30.3 Å². The van der Waals surface area contributed by atoms with E-state index in [9.17, 15) is 24.3 Å². The molecule has 9 N–H and O–H groups in total. The second-order valence-electron chi connectivity index (χ2n) is 8.48. The summed E-state index contributed by atoms with van der Waals surface area (Å²) in [4.78, 5) is 53.7. The summed E-state index contributed by atoms with van der Waals surface area (Å²) >= 11 is 0. The van der Waals surface area contributed by atoms with E-state index < -0.39 is 35.9 Å². The molecular formula is C23H35N7O5. The molecule has 0 saturated carbocycles. The van der Waals surface area contributed by atoms with Crippen molar-refractivity contribution in [2.45, 2.75) is 63.2 Å². The molecule has 0 aromatic heterocycles. The molecule has 3 amide bonds. The third-order valence-corrected chi connectivity index (χ3v) is 5.60. The molecule has 1 heterocycles. The summed E-state index contributed by atoms with van der Waals surface area (Å²) in [5.41, 5.74) is 11.4. The molecule has 0 bridgehead atoms. The number of hydrogen-bond acceptors (Lipinski definition) is 6. The van der Waals surface area contributed by atoms with Crippen LogP contribution in [-0.2, 0) is 25.6 Å². The van der Waals surface area contributed by atoms with Crippen molar-refractivity contribution in [1.82, 2.24) is 21.3 Å². The molecule has 1 saturated heterocycles. The highest BCUT2D eigenvalue weighted by Crippen LogP contribution is 2.07. The van der Waals surface area contributed by atoms with Gasteiger partial charge in [0.15, 0.2) is 5.96 Å². The van der Waals surface area contributed by atoms with E-state index in [-0.39, 0.29) is 37.3 Å². The number of hydrogen-bond donors (Lipinski definition) is 7. The van der Waals surface area contributed by atoms with Crippen LogP contribution in [0.4, 0.5) is 0 Å². The van der Waals surface area contributed by atoms with Gasteiger partial charge in [0.2, 0.25) is 17.7 Å². The van der Waals surface area contributed by atoms with Gasteiger partial charge >= 0.3 is 5.97 Å². The van der Waals surface area contributed by atoms with Gasteiger partial charge in [-0.05, 0) is 44.7 Å². The summed E-state index contributed by atoms with van der Waals surface area (Å²) in [7, 11) is 0.